The molecule has 0 N–H and O–H groups in total. The Balaban J connectivity index is 1.73. The molecule has 140 valence electrons. The van der Waals surface area contributed by atoms with Gasteiger partial charge >= 0.3 is 6.09 Å². The highest BCUT2D eigenvalue weighted by atomic mass is 19.1. The Hall–Kier alpha value is -2.84. The van der Waals surface area contributed by atoms with E-state index in [4.69, 9.17) is 4.74 Å². The van der Waals surface area contributed by atoms with Gasteiger partial charge in [-0.15, -0.1) is 0 Å². The SMILES string of the molecule is CC(=O)N(C)C1CN(c2ccc(N3CCN(C=O)CC3)c(F)c2)C(=O)O1. The second kappa shape index (κ2) is 7.19. The van der Waals surface area contributed by atoms with E-state index in [1.807, 2.05) is 4.90 Å². The molecule has 0 saturated carbocycles. The maximum atomic E-state index is 14.6. The first-order valence-electron chi connectivity index (χ1n) is 8.36. The van der Waals surface area contributed by atoms with E-state index in [0.29, 0.717) is 37.6 Å². The Morgan fingerprint density at radius 3 is 2.58 bits per heavy atom. The van der Waals surface area contributed by atoms with Crippen LogP contribution in [0.4, 0.5) is 20.6 Å². The highest BCUT2D eigenvalue weighted by Gasteiger charge is 2.36. The summed E-state index contributed by atoms with van der Waals surface area (Å²) in [5.41, 5.74) is 0.812. The van der Waals surface area contributed by atoms with Crippen LogP contribution in [0.5, 0.6) is 0 Å². The molecule has 2 fully saturated rings. The van der Waals surface area contributed by atoms with Crippen LogP contribution >= 0.6 is 0 Å². The van der Waals surface area contributed by atoms with Crippen molar-refractivity contribution in [1.29, 1.82) is 0 Å². The number of halogens is 1. The zero-order valence-corrected chi connectivity index (χ0v) is 14.7. The monoisotopic (exact) mass is 364 g/mol. The van der Waals surface area contributed by atoms with Crippen molar-refractivity contribution in [1.82, 2.24) is 9.80 Å². The van der Waals surface area contributed by atoms with Crippen LogP contribution < -0.4 is 9.80 Å². The summed E-state index contributed by atoms with van der Waals surface area (Å²) in [5.74, 6) is -0.668. The van der Waals surface area contributed by atoms with Gasteiger partial charge in [-0.3, -0.25) is 14.5 Å². The van der Waals surface area contributed by atoms with Crippen molar-refractivity contribution in [3.63, 3.8) is 0 Å². The fraction of sp³-hybridized carbons (Fsp3) is 0.471. The van der Waals surface area contributed by atoms with E-state index in [0.717, 1.165) is 6.41 Å². The zero-order chi connectivity index (χ0) is 18.8. The van der Waals surface area contributed by atoms with Crippen molar-refractivity contribution in [3.05, 3.63) is 24.0 Å². The van der Waals surface area contributed by atoms with E-state index in [1.54, 1.807) is 24.1 Å². The minimum Gasteiger partial charge on any atom is -0.423 e. The van der Waals surface area contributed by atoms with Crippen LogP contribution in [0.15, 0.2) is 18.2 Å². The number of ether oxygens (including phenoxy) is 1. The molecule has 1 aromatic carbocycles. The molecule has 0 aromatic heterocycles. The van der Waals surface area contributed by atoms with Gasteiger partial charge in [-0.05, 0) is 18.2 Å². The number of hydrogen-bond acceptors (Lipinski definition) is 5. The number of anilines is 2. The topological polar surface area (TPSA) is 73.4 Å². The molecular weight excluding hydrogens is 343 g/mol. The number of piperazine rings is 1. The van der Waals surface area contributed by atoms with Crippen LogP contribution in [-0.2, 0) is 14.3 Å². The maximum absolute atomic E-state index is 14.6. The molecule has 0 bridgehead atoms. The summed E-state index contributed by atoms with van der Waals surface area (Å²) in [6.07, 6.45) is -0.515. The van der Waals surface area contributed by atoms with Crippen molar-refractivity contribution in [2.75, 3.05) is 49.6 Å². The van der Waals surface area contributed by atoms with Crippen molar-refractivity contribution in [3.8, 4) is 0 Å². The van der Waals surface area contributed by atoms with Crippen molar-refractivity contribution < 1.29 is 23.5 Å². The Labute approximate surface area is 150 Å². The van der Waals surface area contributed by atoms with Gasteiger partial charge < -0.3 is 19.4 Å². The molecule has 2 aliphatic heterocycles. The molecule has 2 heterocycles. The number of rotatable bonds is 4. The van der Waals surface area contributed by atoms with Crippen LogP contribution in [0.3, 0.4) is 0 Å². The van der Waals surface area contributed by atoms with Gasteiger partial charge in [0.05, 0.1) is 17.9 Å². The molecule has 9 heteroatoms. The van der Waals surface area contributed by atoms with Gasteiger partial charge in [0.2, 0.25) is 12.3 Å². The average Bonchev–Trinajstić information content (AvgIpc) is 3.02. The molecule has 8 nitrogen and oxygen atoms in total. The molecule has 2 saturated heterocycles. The molecule has 0 spiro atoms. The Kier molecular flexibility index (Phi) is 4.97. The van der Waals surface area contributed by atoms with Gasteiger partial charge in [0.15, 0.2) is 6.23 Å². The fourth-order valence-corrected chi connectivity index (χ4v) is 3.05. The molecular formula is C17H21FN4O4. The molecule has 0 radical (unpaired) electrons. The lowest BCUT2D eigenvalue weighted by molar-refractivity contribution is -0.134. The van der Waals surface area contributed by atoms with Crippen molar-refractivity contribution in [2.45, 2.75) is 13.2 Å². The molecule has 0 aliphatic carbocycles. The number of carbonyl (C=O) groups excluding carboxylic acids is 3. The number of amides is 3. The average molecular weight is 364 g/mol. The summed E-state index contributed by atoms with van der Waals surface area (Å²) in [7, 11) is 1.55. The Morgan fingerprint density at radius 1 is 1.31 bits per heavy atom. The molecule has 26 heavy (non-hydrogen) atoms. The zero-order valence-electron chi connectivity index (χ0n) is 14.7. The lowest BCUT2D eigenvalue weighted by Crippen LogP contribution is -2.46. The highest BCUT2D eigenvalue weighted by Crippen LogP contribution is 2.29. The molecule has 3 rings (SSSR count). The summed E-state index contributed by atoms with van der Waals surface area (Å²) in [5, 5.41) is 0. The van der Waals surface area contributed by atoms with E-state index in [9.17, 15) is 18.8 Å². The molecule has 2 aliphatic rings. The largest absolute Gasteiger partial charge is 0.423 e. The van der Waals surface area contributed by atoms with E-state index in [-0.39, 0.29) is 12.5 Å². The maximum Gasteiger partial charge on any atom is 0.416 e. The third-order valence-electron chi connectivity index (χ3n) is 4.77. The number of nitrogens with zero attached hydrogens (tertiary/aromatic N) is 4. The third-order valence-corrected chi connectivity index (χ3v) is 4.77. The third kappa shape index (κ3) is 3.42. The minimum atomic E-state index is -0.695. The summed E-state index contributed by atoms with van der Waals surface area (Å²) in [6.45, 7) is 3.71. The molecule has 1 aromatic rings. The van der Waals surface area contributed by atoms with Gasteiger partial charge in [0.25, 0.3) is 0 Å². The number of carbonyl (C=O) groups is 3. The predicted octanol–water partition coefficient (Wildman–Crippen LogP) is 0.865. The molecule has 3 amide bonds. The van der Waals surface area contributed by atoms with Crippen molar-refractivity contribution >= 4 is 29.8 Å². The first kappa shape index (κ1) is 18.0. The van der Waals surface area contributed by atoms with E-state index >= 15 is 0 Å². The number of benzene rings is 1. The van der Waals surface area contributed by atoms with E-state index in [1.165, 1.54) is 22.8 Å². The fourth-order valence-electron chi connectivity index (χ4n) is 3.05. The summed E-state index contributed by atoms with van der Waals surface area (Å²) >= 11 is 0. The van der Waals surface area contributed by atoms with Gasteiger partial charge in [0, 0.05) is 40.2 Å². The lowest BCUT2D eigenvalue weighted by atomic mass is 10.2. The minimum absolute atomic E-state index is 0.145. The quantitative estimate of drug-likeness (QED) is 0.741. The van der Waals surface area contributed by atoms with Gasteiger partial charge in [-0.2, -0.15) is 0 Å². The first-order chi connectivity index (χ1) is 12.4. The first-order valence-corrected chi connectivity index (χ1v) is 8.36. The predicted molar refractivity (Wildman–Crippen MR) is 92.3 cm³/mol. The molecule has 1 atom stereocenters. The lowest BCUT2D eigenvalue weighted by Gasteiger charge is -2.34. The van der Waals surface area contributed by atoms with Crippen LogP contribution in [0.25, 0.3) is 0 Å². The summed E-state index contributed by atoms with van der Waals surface area (Å²) in [4.78, 5) is 40.4. The van der Waals surface area contributed by atoms with E-state index < -0.39 is 18.1 Å². The van der Waals surface area contributed by atoms with E-state index in [2.05, 4.69) is 0 Å². The summed E-state index contributed by atoms with van der Waals surface area (Å²) < 4.78 is 19.8. The van der Waals surface area contributed by atoms with Gasteiger partial charge in [0.1, 0.15) is 5.82 Å². The Bertz CT molecular complexity index is 721. The summed E-state index contributed by atoms with van der Waals surface area (Å²) in [6, 6.07) is 4.57. The van der Waals surface area contributed by atoms with Crippen LogP contribution in [-0.4, -0.2) is 74.2 Å². The second-order valence-electron chi connectivity index (χ2n) is 6.34. The number of hydrogen-bond donors (Lipinski definition) is 0. The molecule has 1 unspecified atom stereocenters. The van der Waals surface area contributed by atoms with Crippen LogP contribution in [0.2, 0.25) is 0 Å². The smallest absolute Gasteiger partial charge is 0.416 e. The van der Waals surface area contributed by atoms with Gasteiger partial charge in [-0.25, -0.2) is 9.18 Å². The van der Waals surface area contributed by atoms with Crippen LogP contribution in [0, 0.1) is 5.82 Å². The Morgan fingerprint density at radius 2 is 2.00 bits per heavy atom. The standard InChI is InChI=1S/C17H21FN4O4/c1-12(24)19(2)16-10-22(17(25)26-16)13-3-4-15(14(18)9-13)21-7-5-20(11-23)6-8-21/h3-4,9,11,16H,5-8,10H2,1-2H3. The van der Waals surface area contributed by atoms with Gasteiger partial charge in [-0.1, -0.05) is 0 Å². The van der Waals surface area contributed by atoms with Crippen LogP contribution in [0.1, 0.15) is 6.92 Å². The highest BCUT2D eigenvalue weighted by molar-refractivity contribution is 5.90. The van der Waals surface area contributed by atoms with Crippen molar-refractivity contribution in [2.24, 2.45) is 0 Å². The second-order valence-corrected chi connectivity index (χ2v) is 6.34. The number of likely N-dealkylation sites (N-methyl/N-ethyl adjacent to an activating group) is 1. The number of cyclic esters (lactones) is 1. The normalized spacial score (nSPS) is 20.2.